The highest BCUT2D eigenvalue weighted by molar-refractivity contribution is 6.31. The fourth-order valence-electron chi connectivity index (χ4n) is 1.77. The van der Waals surface area contributed by atoms with Crippen LogP contribution in [-0.2, 0) is 7.05 Å². The smallest absolute Gasteiger partial charge is 0.260 e. The Morgan fingerprint density at radius 3 is 2.74 bits per heavy atom. The number of aromatic nitrogens is 2. The molecule has 1 amide bonds. The number of halogens is 1. The first-order valence-electron chi connectivity index (χ1n) is 5.67. The van der Waals surface area contributed by atoms with E-state index in [9.17, 15) is 4.79 Å². The number of rotatable bonds is 3. The van der Waals surface area contributed by atoms with Gasteiger partial charge in [0, 0.05) is 18.1 Å². The van der Waals surface area contributed by atoms with E-state index in [0.29, 0.717) is 22.2 Å². The molecule has 0 aliphatic heterocycles. The quantitative estimate of drug-likeness (QED) is 0.940. The molecule has 0 radical (unpaired) electrons. The molecule has 1 heterocycles. The van der Waals surface area contributed by atoms with Crippen molar-refractivity contribution in [3.05, 3.63) is 40.5 Å². The van der Waals surface area contributed by atoms with Crippen LogP contribution >= 0.6 is 11.6 Å². The third-order valence-corrected chi connectivity index (χ3v) is 2.88. The van der Waals surface area contributed by atoms with Crippen molar-refractivity contribution in [2.24, 2.45) is 7.05 Å². The van der Waals surface area contributed by atoms with Crippen molar-refractivity contribution in [3.63, 3.8) is 0 Å². The Morgan fingerprint density at radius 1 is 1.42 bits per heavy atom. The minimum atomic E-state index is -0.289. The zero-order chi connectivity index (χ0) is 14.0. The van der Waals surface area contributed by atoms with Crippen LogP contribution in [0.3, 0.4) is 0 Å². The van der Waals surface area contributed by atoms with Gasteiger partial charge in [0.25, 0.3) is 5.91 Å². The van der Waals surface area contributed by atoms with Gasteiger partial charge in [0.2, 0.25) is 0 Å². The number of carbonyl (C=O) groups is 1. The Morgan fingerprint density at radius 2 is 2.16 bits per heavy atom. The minimum Gasteiger partial charge on any atom is -0.496 e. The largest absolute Gasteiger partial charge is 0.496 e. The molecule has 2 aromatic rings. The molecular weight excluding hydrogens is 266 g/mol. The molecular formula is C13H14ClN3O2. The minimum absolute atomic E-state index is 0.289. The van der Waals surface area contributed by atoms with E-state index in [0.717, 1.165) is 5.69 Å². The summed E-state index contributed by atoms with van der Waals surface area (Å²) in [5.41, 5.74) is 1.21. The lowest BCUT2D eigenvalue weighted by molar-refractivity contribution is 0.102. The zero-order valence-corrected chi connectivity index (χ0v) is 11.7. The average Bonchev–Trinajstić information content (AvgIpc) is 2.67. The normalized spacial score (nSPS) is 10.3. The van der Waals surface area contributed by atoms with E-state index < -0.39 is 0 Å². The first-order valence-corrected chi connectivity index (χ1v) is 6.04. The van der Waals surface area contributed by atoms with Crippen LogP contribution in [0.5, 0.6) is 5.75 Å². The summed E-state index contributed by atoms with van der Waals surface area (Å²) in [6, 6.07) is 6.69. The second kappa shape index (κ2) is 5.32. The Hall–Kier alpha value is -2.01. The number of hydrogen-bond acceptors (Lipinski definition) is 3. The first kappa shape index (κ1) is 13.4. The third-order valence-electron chi connectivity index (χ3n) is 2.65. The van der Waals surface area contributed by atoms with Gasteiger partial charge in [0.1, 0.15) is 11.6 Å². The molecule has 0 bridgehead atoms. The van der Waals surface area contributed by atoms with Gasteiger partial charge >= 0.3 is 0 Å². The fraction of sp³-hybridized carbons (Fsp3) is 0.231. The molecule has 5 nitrogen and oxygen atoms in total. The molecule has 1 N–H and O–H groups in total. The van der Waals surface area contributed by atoms with Gasteiger partial charge in [-0.05, 0) is 25.1 Å². The summed E-state index contributed by atoms with van der Waals surface area (Å²) in [4.78, 5) is 12.2. The highest BCUT2D eigenvalue weighted by Gasteiger charge is 2.14. The van der Waals surface area contributed by atoms with E-state index in [4.69, 9.17) is 16.3 Å². The van der Waals surface area contributed by atoms with Crippen LogP contribution < -0.4 is 10.1 Å². The second-order valence-electron chi connectivity index (χ2n) is 4.09. The summed E-state index contributed by atoms with van der Waals surface area (Å²) in [7, 11) is 3.27. The maximum atomic E-state index is 12.2. The van der Waals surface area contributed by atoms with Crippen LogP contribution in [0.4, 0.5) is 5.82 Å². The van der Waals surface area contributed by atoms with E-state index in [1.165, 1.54) is 7.11 Å². The lowest BCUT2D eigenvalue weighted by Gasteiger charge is -2.09. The molecule has 0 fully saturated rings. The molecule has 0 spiro atoms. The summed E-state index contributed by atoms with van der Waals surface area (Å²) < 4.78 is 6.75. The van der Waals surface area contributed by atoms with Crippen LogP contribution in [0.2, 0.25) is 5.02 Å². The molecule has 2 rings (SSSR count). The number of nitrogens with zero attached hydrogens (tertiary/aromatic N) is 2. The number of aryl methyl sites for hydroxylation is 2. The van der Waals surface area contributed by atoms with Crippen molar-refractivity contribution >= 4 is 23.3 Å². The molecule has 0 aliphatic carbocycles. The maximum Gasteiger partial charge on any atom is 0.260 e. The van der Waals surface area contributed by atoms with Gasteiger partial charge < -0.3 is 10.1 Å². The van der Waals surface area contributed by atoms with Crippen molar-refractivity contribution in [2.45, 2.75) is 6.92 Å². The molecule has 0 atom stereocenters. The summed E-state index contributed by atoms with van der Waals surface area (Å²) in [6.07, 6.45) is 0. The van der Waals surface area contributed by atoms with Gasteiger partial charge in [-0.1, -0.05) is 11.6 Å². The van der Waals surface area contributed by atoms with E-state index in [-0.39, 0.29) is 5.91 Å². The molecule has 1 aromatic heterocycles. The number of benzene rings is 1. The highest BCUT2D eigenvalue weighted by atomic mass is 35.5. The third kappa shape index (κ3) is 2.88. The van der Waals surface area contributed by atoms with Crippen molar-refractivity contribution in [3.8, 4) is 5.75 Å². The van der Waals surface area contributed by atoms with Crippen molar-refractivity contribution in [1.29, 1.82) is 0 Å². The Labute approximate surface area is 116 Å². The summed E-state index contributed by atoms with van der Waals surface area (Å²) >= 11 is 5.90. The molecule has 6 heteroatoms. The monoisotopic (exact) mass is 279 g/mol. The van der Waals surface area contributed by atoms with Gasteiger partial charge in [0.15, 0.2) is 0 Å². The van der Waals surface area contributed by atoms with Crippen molar-refractivity contribution in [1.82, 2.24) is 9.78 Å². The highest BCUT2D eigenvalue weighted by Crippen LogP contribution is 2.23. The average molecular weight is 280 g/mol. The van der Waals surface area contributed by atoms with Crippen LogP contribution in [0.15, 0.2) is 24.3 Å². The van der Waals surface area contributed by atoms with E-state index in [1.54, 1.807) is 36.0 Å². The number of nitrogens with one attached hydrogen (secondary N) is 1. The van der Waals surface area contributed by atoms with E-state index in [2.05, 4.69) is 10.4 Å². The van der Waals surface area contributed by atoms with Gasteiger partial charge in [-0.3, -0.25) is 9.48 Å². The maximum absolute atomic E-state index is 12.2. The lowest BCUT2D eigenvalue weighted by Crippen LogP contribution is -2.15. The van der Waals surface area contributed by atoms with E-state index >= 15 is 0 Å². The van der Waals surface area contributed by atoms with Gasteiger partial charge in [-0.15, -0.1) is 0 Å². The zero-order valence-electron chi connectivity index (χ0n) is 10.9. The predicted octanol–water partition coefficient (Wildman–Crippen LogP) is 2.64. The van der Waals surface area contributed by atoms with Crippen molar-refractivity contribution in [2.75, 3.05) is 12.4 Å². The van der Waals surface area contributed by atoms with Crippen LogP contribution in [-0.4, -0.2) is 22.8 Å². The molecule has 0 saturated heterocycles. The van der Waals surface area contributed by atoms with Crippen LogP contribution in [0.1, 0.15) is 16.1 Å². The Kier molecular flexibility index (Phi) is 3.76. The number of carbonyl (C=O) groups excluding carboxylic acids is 1. The lowest BCUT2D eigenvalue weighted by atomic mass is 10.2. The number of anilines is 1. The Bertz CT molecular complexity index is 622. The number of ether oxygens (including phenoxy) is 1. The molecule has 0 saturated carbocycles. The van der Waals surface area contributed by atoms with Crippen molar-refractivity contribution < 1.29 is 9.53 Å². The first-order chi connectivity index (χ1) is 9.01. The summed E-state index contributed by atoms with van der Waals surface area (Å²) in [5.74, 6) is 0.799. The predicted molar refractivity (Wildman–Crippen MR) is 73.9 cm³/mol. The molecule has 1 aromatic carbocycles. The van der Waals surface area contributed by atoms with Crippen LogP contribution in [0.25, 0.3) is 0 Å². The number of methoxy groups -OCH3 is 1. The van der Waals surface area contributed by atoms with E-state index in [1.807, 2.05) is 6.92 Å². The SMILES string of the molecule is COc1ccc(Cl)cc1C(=O)Nc1cc(C)nn1C. The van der Waals surface area contributed by atoms with Gasteiger partial charge in [0.05, 0.1) is 18.4 Å². The topological polar surface area (TPSA) is 56.1 Å². The molecule has 0 unspecified atom stereocenters. The number of hydrogen-bond donors (Lipinski definition) is 1. The molecule has 100 valence electrons. The van der Waals surface area contributed by atoms with Crippen LogP contribution in [0, 0.1) is 6.92 Å². The second-order valence-corrected chi connectivity index (χ2v) is 4.53. The van der Waals surface area contributed by atoms with Gasteiger partial charge in [-0.25, -0.2) is 0 Å². The van der Waals surface area contributed by atoms with Gasteiger partial charge in [-0.2, -0.15) is 5.10 Å². The molecule has 0 aliphatic rings. The summed E-state index contributed by atoms with van der Waals surface area (Å²) in [5, 5.41) is 7.41. The number of amides is 1. The Balaban J connectivity index is 2.29. The summed E-state index contributed by atoms with van der Waals surface area (Å²) in [6.45, 7) is 1.86. The standard InChI is InChI=1S/C13H14ClN3O2/c1-8-6-12(17(2)16-8)15-13(18)10-7-9(14)4-5-11(10)19-3/h4-7H,1-3H3,(H,15,18). The fourth-order valence-corrected chi connectivity index (χ4v) is 1.94. The molecule has 19 heavy (non-hydrogen) atoms.